The van der Waals surface area contributed by atoms with Crippen molar-refractivity contribution in [3.8, 4) is 5.88 Å². The average molecular weight is 232 g/mol. The number of nitrogens with zero attached hydrogens (tertiary/aromatic N) is 2. The Morgan fingerprint density at radius 2 is 2.06 bits per heavy atom. The van der Waals surface area contributed by atoms with Crippen LogP contribution in [-0.4, -0.2) is 28.6 Å². The third-order valence-electron chi connectivity index (χ3n) is 2.61. The summed E-state index contributed by atoms with van der Waals surface area (Å²) in [5.74, 6) is 0.725. The van der Waals surface area contributed by atoms with Crippen LogP contribution < -0.4 is 4.74 Å². The molecule has 1 heterocycles. The van der Waals surface area contributed by atoms with Crippen LogP contribution in [0.2, 0.25) is 0 Å². The zero-order chi connectivity index (χ0) is 12.1. The van der Waals surface area contributed by atoms with Gasteiger partial charge in [0, 0.05) is 18.6 Å². The molecule has 1 aromatic heterocycles. The molecule has 0 spiro atoms. The highest BCUT2D eigenvalue weighted by Crippen LogP contribution is 2.19. The summed E-state index contributed by atoms with van der Waals surface area (Å²) >= 11 is 0. The maximum atomic E-state index is 8.95. The van der Waals surface area contributed by atoms with Crippen LogP contribution in [-0.2, 0) is 13.0 Å². The van der Waals surface area contributed by atoms with Gasteiger partial charge in [-0.05, 0) is 5.56 Å². The number of aliphatic hydroxyl groups excluding tert-OH is 1. The Morgan fingerprint density at radius 3 is 2.71 bits per heavy atom. The molecule has 0 atom stereocenters. The average Bonchev–Trinajstić information content (AvgIpc) is 2.73. The van der Waals surface area contributed by atoms with E-state index in [9.17, 15) is 0 Å². The minimum Gasteiger partial charge on any atom is -0.481 e. The number of hydrogen-bond donors (Lipinski definition) is 1. The van der Waals surface area contributed by atoms with Crippen molar-refractivity contribution >= 4 is 0 Å². The Morgan fingerprint density at radius 1 is 1.29 bits per heavy atom. The molecule has 0 fully saturated rings. The highest BCUT2D eigenvalue weighted by molar-refractivity contribution is 5.26. The lowest BCUT2D eigenvalue weighted by Gasteiger charge is -2.07. The number of methoxy groups -OCH3 is 1. The van der Waals surface area contributed by atoms with Crippen LogP contribution in [0.5, 0.6) is 5.88 Å². The summed E-state index contributed by atoms with van der Waals surface area (Å²) in [5, 5.41) is 13.2. The van der Waals surface area contributed by atoms with Gasteiger partial charge in [0.25, 0.3) is 0 Å². The van der Waals surface area contributed by atoms with Gasteiger partial charge in [0.05, 0.1) is 19.9 Å². The van der Waals surface area contributed by atoms with Gasteiger partial charge in [0.15, 0.2) is 0 Å². The lowest BCUT2D eigenvalue weighted by atomic mass is 10.2. The molecule has 0 aliphatic rings. The third kappa shape index (κ3) is 2.65. The number of hydrogen-bond acceptors (Lipinski definition) is 3. The number of ether oxygens (including phenoxy) is 1. The van der Waals surface area contributed by atoms with Gasteiger partial charge in [0.1, 0.15) is 0 Å². The minimum absolute atomic E-state index is 0.105. The topological polar surface area (TPSA) is 47.3 Å². The van der Waals surface area contributed by atoms with E-state index in [4.69, 9.17) is 9.84 Å². The summed E-state index contributed by atoms with van der Waals surface area (Å²) in [6.07, 6.45) is 2.32. The monoisotopic (exact) mass is 232 g/mol. The van der Waals surface area contributed by atoms with E-state index in [1.807, 2.05) is 30.3 Å². The minimum atomic E-state index is 0.105. The third-order valence-corrected chi connectivity index (χ3v) is 2.61. The van der Waals surface area contributed by atoms with Crippen molar-refractivity contribution in [3.05, 3.63) is 47.7 Å². The fourth-order valence-corrected chi connectivity index (χ4v) is 1.81. The van der Waals surface area contributed by atoms with Gasteiger partial charge >= 0.3 is 0 Å². The zero-order valence-electron chi connectivity index (χ0n) is 9.84. The zero-order valence-corrected chi connectivity index (χ0v) is 9.84. The molecule has 0 saturated carbocycles. The molecule has 0 aliphatic carbocycles. The molecule has 0 aliphatic heterocycles. The van der Waals surface area contributed by atoms with Gasteiger partial charge in [0.2, 0.25) is 5.88 Å². The van der Waals surface area contributed by atoms with Gasteiger partial charge in [-0.1, -0.05) is 30.3 Å². The first kappa shape index (κ1) is 11.7. The molecule has 0 unspecified atom stereocenters. The van der Waals surface area contributed by atoms with Crippen molar-refractivity contribution in [1.29, 1.82) is 0 Å². The smallest absolute Gasteiger partial charge is 0.215 e. The summed E-state index contributed by atoms with van der Waals surface area (Å²) < 4.78 is 7.14. The molecule has 1 N–H and O–H groups in total. The molecular formula is C13H16N2O2. The fraction of sp³-hybridized carbons (Fsp3) is 0.308. The Hall–Kier alpha value is -1.81. The van der Waals surface area contributed by atoms with Crippen LogP contribution in [0.15, 0.2) is 36.5 Å². The van der Waals surface area contributed by atoms with E-state index in [0.717, 1.165) is 11.4 Å². The normalized spacial score (nSPS) is 10.5. The summed E-state index contributed by atoms with van der Waals surface area (Å²) in [6, 6.07) is 10.1. The second-order valence-electron chi connectivity index (χ2n) is 3.80. The van der Waals surface area contributed by atoms with E-state index >= 15 is 0 Å². The summed E-state index contributed by atoms with van der Waals surface area (Å²) in [7, 11) is 1.62. The predicted molar refractivity (Wildman–Crippen MR) is 65.1 cm³/mol. The van der Waals surface area contributed by atoms with Gasteiger partial charge in [-0.25, -0.2) is 4.68 Å². The molecule has 0 saturated heterocycles. The van der Waals surface area contributed by atoms with Crippen molar-refractivity contribution in [1.82, 2.24) is 9.78 Å². The van der Waals surface area contributed by atoms with Crippen LogP contribution in [0.1, 0.15) is 11.1 Å². The Bertz CT molecular complexity index is 466. The van der Waals surface area contributed by atoms with Crippen LogP contribution in [0.3, 0.4) is 0 Å². The molecule has 90 valence electrons. The van der Waals surface area contributed by atoms with Gasteiger partial charge in [-0.2, -0.15) is 5.10 Å². The molecule has 0 amide bonds. The quantitative estimate of drug-likeness (QED) is 0.849. The molecule has 0 bridgehead atoms. The van der Waals surface area contributed by atoms with E-state index in [-0.39, 0.29) is 6.61 Å². The lowest BCUT2D eigenvalue weighted by Crippen LogP contribution is -2.05. The second-order valence-corrected chi connectivity index (χ2v) is 3.80. The van der Waals surface area contributed by atoms with E-state index in [1.54, 1.807) is 18.0 Å². The largest absolute Gasteiger partial charge is 0.481 e. The van der Waals surface area contributed by atoms with E-state index in [0.29, 0.717) is 13.0 Å². The van der Waals surface area contributed by atoms with Crippen molar-refractivity contribution in [2.45, 2.75) is 13.0 Å². The van der Waals surface area contributed by atoms with Crippen molar-refractivity contribution in [2.75, 3.05) is 13.7 Å². The highest BCUT2D eigenvalue weighted by Gasteiger charge is 2.10. The van der Waals surface area contributed by atoms with E-state index in [1.165, 1.54) is 5.56 Å². The maximum Gasteiger partial charge on any atom is 0.215 e. The Balaban J connectivity index is 2.21. The molecule has 2 aromatic rings. The Labute approximate surface area is 100 Å². The summed E-state index contributed by atoms with van der Waals surface area (Å²) in [5.41, 5.74) is 2.11. The summed E-state index contributed by atoms with van der Waals surface area (Å²) in [4.78, 5) is 0. The second kappa shape index (κ2) is 5.50. The summed E-state index contributed by atoms with van der Waals surface area (Å²) in [6.45, 7) is 0.781. The molecule has 0 radical (unpaired) electrons. The molecular weight excluding hydrogens is 216 g/mol. The van der Waals surface area contributed by atoms with Crippen molar-refractivity contribution in [3.63, 3.8) is 0 Å². The van der Waals surface area contributed by atoms with E-state index in [2.05, 4.69) is 5.10 Å². The predicted octanol–water partition coefficient (Wildman–Crippen LogP) is 1.47. The molecule has 1 aromatic carbocycles. The first-order chi connectivity index (χ1) is 8.35. The van der Waals surface area contributed by atoms with Gasteiger partial charge < -0.3 is 9.84 Å². The number of aromatic nitrogens is 2. The van der Waals surface area contributed by atoms with Crippen molar-refractivity contribution in [2.24, 2.45) is 0 Å². The Kier molecular flexibility index (Phi) is 3.77. The fourth-order valence-electron chi connectivity index (χ4n) is 1.81. The highest BCUT2D eigenvalue weighted by atomic mass is 16.5. The number of benzene rings is 1. The molecule has 17 heavy (non-hydrogen) atoms. The van der Waals surface area contributed by atoms with Crippen LogP contribution >= 0.6 is 0 Å². The van der Waals surface area contributed by atoms with Crippen LogP contribution in [0, 0.1) is 0 Å². The van der Waals surface area contributed by atoms with Gasteiger partial charge in [-0.15, -0.1) is 0 Å². The molecule has 2 rings (SSSR count). The lowest BCUT2D eigenvalue weighted by molar-refractivity contribution is 0.295. The van der Waals surface area contributed by atoms with Crippen LogP contribution in [0.4, 0.5) is 0 Å². The standard InChI is InChI=1S/C13H16N2O2/c1-17-13-12(7-8-16)9-14-15(13)10-11-5-3-2-4-6-11/h2-6,9,16H,7-8,10H2,1H3. The number of aliphatic hydroxyl groups is 1. The van der Waals surface area contributed by atoms with Crippen LogP contribution in [0.25, 0.3) is 0 Å². The number of rotatable bonds is 5. The van der Waals surface area contributed by atoms with Crippen molar-refractivity contribution < 1.29 is 9.84 Å². The molecule has 4 heteroatoms. The van der Waals surface area contributed by atoms with Gasteiger partial charge in [-0.3, -0.25) is 0 Å². The van der Waals surface area contributed by atoms with E-state index < -0.39 is 0 Å². The first-order valence-corrected chi connectivity index (χ1v) is 5.58. The maximum absolute atomic E-state index is 8.95. The first-order valence-electron chi connectivity index (χ1n) is 5.58. The molecule has 4 nitrogen and oxygen atoms in total. The SMILES string of the molecule is COc1c(CCO)cnn1Cc1ccccc1.